The fourth-order valence-electron chi connectivity index (χ4n) is 1.97. The predicted molar refractivity (Wildman–Crippen MR) is 71.8 cm³/mol. The number of hydrogen-bond acceptors (Lipinski definition) is 1. The van der Waals surface area contributed by atoms with E-state index in [2.05, 4.69) is 12.2 Å². The minimum atomic E-state index is -0.307. The van der Waals surface area contributed by atoms with Crippen LogP contribution in [0.15, 0.2) is 12.1 Å². The molecule has 0 saturated carbocycles. The molecule has 0 amide bonds. The lowest BCUT2D eigenvalue weighted by molar-refractivity contribution is 0.562. The van der Waals surface area contributed by atoms with Gasteiger partial charge in [-0.25, -0.2) is 8.78 Å². The zero-order valence-corrected chi connectivity index (χ0v) is 11.4. The van der Waals surface area contributed by atoms with E-state index in [0.29, 0.717) is 17.5 Å². The molecule has 0 aromatic heterocycles. The molecule has 0 atom stereocenters. The molecule has 1 aromatic carbocycles. The summed E-state index contributed by atoms with van der Waals surface area (Å²) < 4.78 is 26.8. The summed E-state index contributed by atoms with van der Waals surface area (Å²) in [6.07, 6.45) is 4.91. The van der Waals surface area contributed by atoms with E-state index in [1.54, 1.807) is 6.92 Å². The fourth-order valence-corrected chi connectivity index (χ4v) is 1.97. The Bertz CT molecular complexity index is 364. The van der Waals surface area contributed by atoms with Gasteiger partial charge in [-0.2, -0.15) is 0 Å². The fraction of sp³-hybridized carbons (Fsp3) is 0.600. The highest BCUT2D eigenvalue weighted by Gasteiger charge is 2.06. The molecule has 1 N–H and O–H groups in total. The van der Waals surface area contributed by atoms with Gasteiger partial charge in [0.05, 0.1) is 0 Å². The molecule has 0 aliphatic heterocycles. The quantitative estimate of drug-likeness (QED) is 0.693. The monoisotopic (exact) mass is 255 g/mol. The molecular weight excluding hydrogens is 232 g/mol. The Morgan fingerprint density at radius 3 is 2.44 bits per heavy atom. The van der Waals surface area contributed by atoms with Crippen LogP contribution in [0.1, 0.15) is 43.7 Å². The maximum Gasteiger partial charge on any atom is 0.126 e. The minimum Gasteiger partial charge on any atom is -0.317 e. The molecular formula is C15H23F2N. The van der Waals surface area contributed by atoms with Crippen molar-refractivity contribution in [2.24, 2.45) is 0 Å². The summed E-state index contributed by atoms with van der Waals surface area (Å²) in [5, 5.41) is 3.27. The zero-order chi connectivity index (χ0) is 13.4. The third-order valence-corrected chi connectivity index (χ3v) is 3.13. The van der Waals surface area contributed by atoms with Crippen molar-refractivity contribution in [2.45, 2.75) is 46.0 Å². The SMILES string of the molecule is CCNCCCCCCc1cc(F)c(C)cc1F. The highest BCUT2D eigenvalue weighted by molar-refractivity contribution is 5.25. The lowest BCUT2D eigenvalue weighted by Crippen LogP contribution is -2.13. The average molecular weight is 255 g/mol. The van der Waals surface area contributed by atoms with Gasteiger partial charge >= 0.3 is 0 Å². The number of unbranched alkanes of at least 4 members (excludes halogenated alkanes) is 3. The van der Waals surface area contributed by atoms with E-state index in [-0.39, 0.29) is 11.6 Å². The normalized spacial score (nSPS) is 10.9. The molecule has 0 aliphatic carbocycles. The lowest BCUT2D eigenvalue weighted by Gasteiger charge is -2.06. The van der Waals surface area contributed by atoms with Gasteiger partial charge in [-0.05, 0) is 62.5 Å². The molecule has 102 valence electrons. The van der Waals surface area contributed by atoms with Crippen LogP contribution < -0.4 is 5.32 Å². The average Bonchev–Trinajstić information content (AvgIpc) is 2.34. The molecule has 0 heterocycles. The summed E-state index contributed by atoms with van der Waals surface area (Å²) in [5.41, 5.74) is 0.881. The minimum absolute atomic E-state index is 0.276. The van der Waals surface area contributed by atoms with Gasteiger partial charge in [0.1, 0.15) is 11.6 Å². The first kappa shape index (κ1) is 15.1. The molecule has 18 heavy (non-hydrogen) atoms. The number of hydrogen-bond donors (Lipinski definition) is 1. The maximum absolute atomic E-state index is 13.5. The van der Waals surface area contributed by atoms with Crippen LogP contribution >= 0.6 is 0 Å². The van der Waals surface area contributed by atoms with Crippen molar-refractivity contribution in [2.75, 3.05) is 13.1 Å². The molecule has 0 bridgehead atoms. The smallest absolute Gasteiger partial charge is 0.126 e. The Kier molecular flexibility index (Phi) is 6.88. The first-order valence-corrected chi connectivity index (χ1v) is 6.80. The van der Waals surface area contributed by atoms with Crippen LogP contribution in [0.3, 0.4) is 0 Å². The molecule has 1 rings (SSSR count). The first-order chi connectivity index (χ1) is 8.65. The van der Waals surface area contributed by atoms with Crippen molar-refractivity contribution >= 4 is 0 Å². The number of benzene rings is 1. The molecule has 0 saturated heterocycles. The van der Waals surface area contributed by atoms with Crippen LogP contribution in [0.5, 0.6) is 0 Å². The largest absolute Gasteiger partial charge is 0.317 e. The third-order valence-electron chi connectivity index (χ3n) is 3.13. The second kappa shape index (κ2) is 8.20. The van der Waals surface area contributed by atoms with Crippen molar-refractivity contribution < 1.29 is 8.78 Å². The van der Waals surface area contributed by atoms with Gasteiger partial charge in [0, 0.05) is 0 Å². The molecule has 3 heteroatoms. The number of aryl methyl sites for hydroxylation is 2. The van der Waals surface area contributed by atoms with E-state index < -0.39 is 0 Å². The maximum atomic E-state index is 13.5. The van der Waals surface area contributed by atoms with E-state index in [9.17, 15) is 8.78 Å². The van der Waals surface area contributed by atoms with Crippen LogP contribution in [0, 0.1) is 18.6 Å². The molecule has 1 aromatic rings. The molecule has 1 nitrogen and oxygen atoms in total. The van der Waals surface area contributed by atoms with Gasteiger partial charge < -0.3 is 5.32 Å². The van der Waals surface area contributed by atoms with E-state index in [4.69, 9.17) is 0 Å². The van der Waals surface area contributed by atoms with Crippen molar-refractivity contribution in [3.63, 3.8) is 0 Å². The highest BCUT2D eigenvalue weighted by Crippen LogP contribution is 2.16. The first-order valence-electron chi connectivity index (χ1n) is 6.80. The number of rotatable bonds is 8. The van der Waals surface area contributed by atoms with E-state index in [0.717, 1.165) is 38.8 Å². The number of halogens is 2. The van der Waals surface area contributed by atoms with Crippen molar-refractivity contribution in [1.29, 1.82) is 0 Å². The summed E-state index contributed by atoms with van der Waals surface area (Å²) in [6.45, 7) is 5.73. The van der Waals surface area contributed by atoms with Gasteiger partial charge in [0.15, 0.2) is 0 Å². The third kappa shape index (κ3) is 5.13. The van der Waals surface area contributed by atoms with Gasteiger partial charge in [-0.15, -0.1) is 0 Å². The zero-order valence-electron chi connectivity index (χ0n) is 11.4. The van der Waals surface area contributed by atoms with Gasteiger partial charge in [0.25, 0.3) is 0 Å². The van der Waals surface area contributed by atoms with E-state index in [1.165, 1.54) is 12.1 Å². The molecule has 0 fully saturated rings. The molecule has 0 spiro atoms. The highest BCUT2D eigenvalue weighted by atomic mass is 19.1. The Morgan fingerprint density at radius 1 is 1.00 bits per heavy atom. The molecule has 0 radical (unpaired) electrons. The van der Waals surface area contributed by atoms with Crippen LogP contribution in [-0.2, 0) is 6.42 Å². The second-order valence-electron chi connectivity index (χ2n) is 4.71. The molecule has 0 unspecified atom stereocenters. The van der Waals surface area contributed by atoms with Gasteiger partial charge in [-0.3, -0.25) is 0 Å². The van der Waals surface area contributed by atoms with Crippen molar-refractivity contribution in [3.8, 4) is 0 Å². The summed E-state index contributed by atoms with van der Waals surface area (Å²) in [7, 11) is 0. The summed E-state index contributed by atoms with van der Waals surface area (Å²) >= 11 is 0. The summed E-state index contributed by atoms with van der Waals surface area (Å²) in [6, 6.07) is 2.62. The second-order valence-corrected chi connectivity index (χ2v) is 4.71. The molecule has 0 aliphatic rings. The van der Waals surface area contributed by atoms with Crippen molar-refractivity contribution in [1.82, 2.24) is 5.32 Å². The Hall–Kier alpha value is -0.960. The Labute approximate surface area is 109 Å². The van der Waals surface area contributed by atoms with E-state index >= 15 is 0 Å². The van der Waals surface area contributed by atoms with Crippen LogP contribution in [-0.4, -0.2) is 13.1 Å². The summed E-state index contributed by atoms with van der Waals surface area (Å²) in [5.74, 6) is -0.583. The van der Waals surface area contributed by atoms with Gasteiger partial charge in [0.2, 0.25) is 0 Å². The van der Waals surface area contributed by atoms with Crippen LogP contribution in [0.2, 0.25) is 0 Å². The predicted octanol–water partition coefficient (Wildman–Crippen LogP) is 3.99. The number of nitrogens with one attached hydrogen (secondary N) is 1. The van der Waals surface area contributed by atoms with E-state index in [1.807, 2.05) is 0 Å². The Morgan fingerprint density at radius 2 is 1.72 bits per heavy atom. The standard InChI is InChI=1S/C15H23F2N/c1-3-18-9-7-5-4-6-8-13-11-14(16)12(2)10-15(13)17/h10-11,18H,3-9H2,1-2H3. The topological polar surface area (TPSA) is 12.0 Å². The lowest BCUT2D eigenvalue weighted by atomic mass is 10.0. The van der Waals surface area contributed by atoms with Gasteiger partial charge in [-0.1, -0.05) is 19.8 Å². The Balaban J connectivity index is 2.25. The van der Waals surface area contributed by atoms with Crippen LogP contribution in [0.25, 0.3) is 0 Å². The van der Waals surface area contributed by atoms with Crippen LogP contribution in [0.4, 0.5) is 8.78 Å². The summed E-state index contributed by atoms with van der Waals surface area (Å²) in [4.78, 5) is 0. The van der Waals surface area contributed by atoms with Crippen molar-refractivity contribution in [3.05, 3.63) is 34.9 Å².